The number of para-hydroxylation sites is 1. The Hall–Kier alpha value is -6.22. The molecule has 0 fully saturated rings. The molecule has 2 heteroatoms. The predicted molar refractivity (Wildman–Crippen MR) is 240 cm³/mol. The standard InChI is InChI=1S/C46H37NS.C7H8/c1-31(22-28-41-32(2)44-42(46(41,3)4)29-27-40-39-20-11-12-21-43(39)48-45(40)44)47(37-18-9-6-10-19-37)38-25-23-34(24-26-38)36-17-13-16-35(30-36)33-14-7-5-8-15-33;1-7-5-3-2-4-6-7/h5-30H,1H2,2-4H3;2-6H,1H3/b28-22-;. The van der Waals surface area contributed by atoms with Gasteiger partial charge in [-0.3, -0.25) is 0 Å². The fourth-order valence-electron chi connectivity index (χ4n) is 7.92. The second-order valence-electron chi connectivity index (χ2n) is 14.8. The first-order valence-electron chi connectivity index (χ1n) is 19.0. The average molecular weight is 728 g/mol. The molecule has 0 spiro atoms. The Balaban J connectivity index is 0.000000551. The highest BCUT2D eigenvalue weighted by molar-refractivity contribution is 7.26. The molecule has 55 heavy (non-hydrogen) atoms. The summed E-state index contributed by atoms with van der Waals surface area (Å²) >= 11 is 1.91. The highest BCUT2D eigenvalue weighted by Gasteiger charge is 2.36. The van der Waals surface area contributed by atoms with Crippen LogP contribution in [0.1, 0.15) is 37.5 Å². The number of thiophene rings is 1. The van der Waals surface area contributed by atoms with Crippen molar-refractivity contribution in [3.8, 4) is 22.3 Å². The molecule has 8 aromatic rings. The van der Waals surface area contributed by atoms with Gasteiger partial charge in [-0.25, -0.2) is 0 Å². The van der Waals surface area contributed by atoms with Crippen LogP contribution in [0.25, 0.3) is 48.0 Å². The molecule has 0 unspecified atom stereocenters. The first kappa shape index (κ1) is 35.8. The van der Waals surface area contributed by atoms with Crippen LogP contribution in [0.15, 0.2) is 206 Å². The molecule has 268 valence electrons. The van der Waals surface area contributed by atoms with Crippen molar-refractivity contribution in [3.05, 3.63) is 223 Å². The third-order valence-electron chi connectivity index (χ3n) is 10.8. The number of anilines is 2. The molecule has 1 nitrogen and oxygen atoms in total. The second kappa shape index (κ2) is 15.3. The van der Waals surface area contributed by atoms with Crippen LogP contribution in [0.5, 0.6) is 0 Å². The van der Waals surface area contributed by atoms with Gasteiger partial charge in [0.15, 0.2) is 0 Å². The topological polar surface area (TPSA) is 3.24 Å². The highest BCUT2D eigenvalue weighted by atomic mass is 32.1. The zero-order valence-corrected chi connectivity index (χ0v) is 32.8. The van der Waals surface area contributed by atoms with Crippen molar-refractivity contribution in [2.75, 3.05) is 4.90 Å². The number of hydrogen-bond donors (Lipinski definition) is 0. The fourth-order valence-corrected chi connectivity index (χ4v) is 9.23. The van der Waals surface area contributed by atoms with E-state index in [2.05, 4.69) is 209 Å². The van der Waals surface area contributed by atoms with Gasteiger partial charge in [0.05, 0.1) is 0 Å². The van der Waals surface area contributed by atoms with Crippen molar-refractivity contribution < 1.29 is 0 Å². The molecule has 0 saturated carbocycles. The summed E-state index contributed by atoms with van der Waals surface area (Å²) in [5, 5.41) is 2.70. The number of allylic oxidation sites excluding steroid dienone is 4. The van der Waals surface area contributed by atoms with Gasteiger partial charge in [-0.1, -0.05) is 172 Å². The molecule has 0 amide bonds. The van der Waals surface area contributed by atoms with E-state index in [1.54, 1.807) is 0 Å². The number of hydrogen-bond acceptors (Lipinski definition) is 2. The van der Waals surface area contributed by atoms with Crippen LogP contribution in [0.2, 0.25) is 0 Å². The second-order valence-corrected chi connectivity index (χ2v) is 15.8. The Morgan fingerprint density at radius 2 is 1.13 bits per heavy atom. The lowest BCUT2D eigenvalue weighted by Crippen LogP contribution is -2.17. The van der Waals surface area contributed by atoms with Gasteiger partial charge in [0.25, 0.3) is 0 Å². The molecule has 0 radical (unpaired) electrons. The normalized spacial score (nSPS) is 13.2. The molecule has 1 aliphatic rings. The van der Waals surface area contributed by atoms with Crippen molar-refractivity contribution in [2.45, 2.75) is 33.1 Å². The van der Waals surface area contributed by atoms with Gasteiger partial charge in [0, 0.05) is 42.7 Å². The van der Waals surface area contributed by atoms with E-state index >= 15 is 0 Å². The number of benzene rings is 7. The molecule has 1 aliphatic carbocycles. The molecule has 9 rings (SSSR count). The Morgan fingerprint density at radius 3 is 1.78 bits per heavy atom. The Kier molecular flexibility index (Phi) is 9.93. The first-order chi connectivity index (χ1) is 26.8. The highest BCUT2D eigenvalue weighted by Crippen LogP contribution is 2.51. The summed E-state index contributed by atoms with van der Waals surface area (Å²) in [6, 6.07) is 62.4. The van der Waals surface area contributed by atoms with Gasteiger partial charge in [-0.2, -0.15) is 0 Å². The minimum atomic E-state index is -0.117. The van der Waals surface area contributed by atoms with E-state index < -0.39 is 0 Å². The number of nitrogens with zero attached hydrogens (tertiary/aromatic N) is 1. The van der Waals surface area contributed by atoms with E-state index in [0.29, 0.717) is 0 Å². The lowest BCUT2D eigenvalue weighted by molar-refractivity contribution is 0.654. The lowest BCUT2D eigenvalue weighted by Gasteiger charge is -2.27. The maximum Gasteiger partial charge on any atom is 0.0461 e. The van der Waals surface area contributed by atoms with E-state index in [0.717, 1.165) is 17.1 Å². The van der Waals surface area contributed by atoms with Gasteiger partial charge in [-0.15, -0.1) is 11.3 Å². The zero-order chi connectivity index (χ0) is 37.9. The summed E-state index contributed by atoms with van der Waals surface area (Å²) in [5.74, 6) is 0. The smallest absolute Gasteiger partial charge is 0.0461 e. The average Bonchev–Trinajstić information content (AvgIpc) is 3.69. The molecule has 0 bridgehead atoms. The molecular formula is C53H45NS. The van der Waals surface area contributed by atoms with E-state index in [4.69, 9.17) is 0 Å². The number of fused-ring (bicyclic) bond motifs is 5. The minimum absolute atomic E-state index is 0.117. The van der Waals surface area contributed by atoms with E-state index in [-0.39, 0.29) is 5.41 Å². The molecule has 0 saturated heterocycles. The number of aryl methyl sites for hydroxylation is 1. The Bertz CT molecular complexity index is 2680. The van der Waals surface area contributed by atoms with Gasteiger partial charge in [0.2, 0.25) is 0 Å². The van der Waals surface area contributed by atoms with Crippen molar-refractivity contribution in [1.29, 1.82) is 0 Å². The van der Waals surface area contributed by atoms with Crippen LogP contribution < -0.4 is 4.90 Å². The number of rotatable bonds is 7. The molecule has 7 aromatic carbocycles. The monoisotopic (exact) mass is 727 g/mol. The van der Waals surface area contributed by atoms with Crippen LogP contribution in [0, 0.1) is 6.92 Å². The summed E-state index contributed by atoms with van der Waals surface area (Å²) in [6.07, 6.45) is 4.50. The summed E-state index contributed by atoms with van der Waals surface area (Å²) in [4.78, 5) is 2.25. The van der Waals surface area contributed by atoms with Crippen LogP contribution in [-0.4, -0.2) is 0 Å². The van der Waals surface area contributed by atoms with Crippen LogP contribution >= 0.6 is 11.3 Å². The van der Waals surface area contributed by atoms with Gasteiger partial charge >= 0.3 is 0 Å². The molecular weight excluding hydrogens is 683 g/mol. The maximum absolute atomic E-state index is 4.61. The minimum Gasteiger partial charge on any atom is -0.311 e. The Morgan fingerprint density at radius 1 is 0.564 bits per heavy atom. The lowest BCUT2D eigenvalue weighted by atomic mass is 9.81. The Labute approximate surface area is 329 Å². The first-order valence-corrected chi connectivity index (χ1v) is 19.8. The van der Waals surface area contributed by atoms with Crippen LogP contribution in [-0.2, 0) is 5.41 Å². The molecule has 1 heterocycles. The third kappa shape index (κ3) is 7.10. The largest absolute Gasteiger partial charge is 0.311 e. The van der Waals surface area contributed by atoms with E-state index in [1.807, 2.05) is 29.5 Å². The summed E-state index contributed by atoms with van der Waals surface area (Å²) in [7, 11) is 0. The summed E-state index contributed by atoms with van der Waals surface area (Å²) < 4.78 is 2.74. The predicted octanol–water partition coefficient (Wildman–Crippen LogP) is 15.4. The molecule has 0 atom stereocenters. The van der Waals surface area contributed by atoms with Crippen molar-refractivity contribution in [3.63, 3.8) is 0 Å². The van der Waals surface area contributed by atoms with E-state index in [1.165, 1.54) is 70.3 Å². The summed E-state index contributed by atoms with van der Waals surface area (Å²) in [5.41, 5.74) is 14.6. The zero-order valence-electron chi connectivity index (χ0n) is 32.0. The fraction of sp³-hybridized carbons (Fsp3) is 0.0943. The van der Waals surface area contributed by atoms with Crippen molar-refractivity contribution >= 4 is 48.5 Å². The molecule has 0 aliphatic heterocycles. The molecule has 0 N–H and O–H groups in total. The third-order valence-corrected chi connectivity index (χ3v) is 12.0. The summed E-state index contributed by atoms with van der Waals surface area (Å²) in [6.45, 7) is 13.7. The van der Waals surface area contributed by atoms with E-state index in [9.17, 15) is 0 Å². The van der Waals surface area contributed by atoms with Crippen LogP contribution in [0.3, 0.4) is 0 Å². The van der Waals surface area contributed by atoms with Crippen molar-refractivity contribution in [1.82, 2.24) is 0 Å². The van der Waals surface area contributed by atoms with Gasteiger partial charge < -0.3 is 4.90 Å². The van der Waals surface area contributed by atoms with Gasteiger partial charge in [0.1, 0.15) is 0 Å². The van der Waals surface area contributed by atoms with Crippen LogP contribution in [0.4, 0.5) is 11.4 Å². The SMILES string of the molecule is C=C(/C=C\C1=C(C)c2c(ccc3c2sc2ccccc23)C1(C)C)N(c1ccccc1)c1ccc(-c2cccc(-c3ccccc3)c2)cc1.Cc1ccccc1. The molecule has 1 aromatic heterocycles. The quantitative estimate of drug-likeness (QED) is 0.148. The maximum atomic E-state index is 4.61. The van der Waals surface area contributed by atoms with Gasteiger partial charge in [-0.05, 0) is 101 Å². The van der Waals surface area contributed by atoms with Crippen molar-refractivity contribution in [2.24, 2.45) is 0 Å².